The molecule has 0 aromatic heterocycles. The number of carbonyl (C=O) groups excluding carboxylic acids is 3. The number of ether oxygens (including phenoxy) is 1. The average Bonchev–Trinajstić information content (AvgIpc) is 2.79. The van der Waals surface area contributed by atoms with Gasteiger partial charge in [-0.05, 0) is 72.6 Å². The third-order valence-corrected chi connectivity index (χ3v) is 4.37. The Bertz CT molecular complexity index is 1140. The van der Waals surface area contributed by atoms with Crippen molar-refractivity contribution in [3.8, 4) is 5.75 Å². The van der Waals surface area contributed by atoms with Crippen LogP contribution in [0.4, 0.5) is 4.39 Å². The fourth-order valence-electron chi connectivity index (χ4n) is 2.67. The number of hydrazone groups is 1. The summed E-state index contributed by atoms with van der Waals surface area (Å²) in [4.78, 5) is 35.9. The van der Waals surface area contributed by atoms with Gasteiger partial charge in [0.2, 0.25) is 0 Å². The third kappa shape index (κ3) is 6.33. The van der Waals surface area contributed by atoms with Crippen LogP contribution in [0.15, 0.2) is 77.9 Å². The lowest BCUT2D eigenvalue weighted by atomic mass is 10.1. The molecule has 8 heteroatoms. The van der Waals surface area contributed by atoms with Crippen LogP contribution in [0.2, 0.25) is 0 Å². The first-order valence-corrected chi connectivity index (χ1v) is 9.66. The molecule has 162 valence electrons. The van der Waals surface area contributed by atoms with E-state index < -0.39 is 23.6 Å². The van der Waals surface area contributed by atoms with Gasteiger partial charge in [-0.1, -0.05) is 18.2 Å². The van der Waals surface area contributed by atoms with Crippen molar-refractivity contribution in [3.63, 3.8) is 0 Å². The third-order valence-electron chi connectivity index (χ3n) is 4.37. The molecule has 0 saturated carbocycles. The maximum atomic E-state index is 12.9. The lowest BCUT2D eigenvalue weighted by Crippen LogP contribution is -2.34. The second-order valence-electron chi connectivity index (χ2n) is 6.76. The first-order chi connectivity index (χ1) is 15.4. The van der Waals surface area contributed by atoms with E-state index in [2.05, 4.69) is 15.8 Å². The van der Waals surface area contributed by atoms with Gasteiger partial charge in [-0.25, -0.2) is 14.6 Å². The summed E-state index contributed by atoms with van der Waals surface area (Å²) in [5.74, 6) is -1.55. The summed E-state index contributed by atoms with van der Waals surface area (Å²) in [7, 11) is 0. The van der Waals surface area contributed by atoms with Gasteiger partial charge in [0.15, 0.2) is 0 Å². The molecule has 0 radical (unpaired) electrons. The quantitative estimate of drug-likeness (QED) is 0.259. The van der Waals surface area contributed by atoms with Crippen molar-refractivity contribution in [1.29, 1.82) is 0 Å². The van der Waals surface area contributed by atoms with Crippen molar-refractivity contribution in [2.75, 3.05) is 6.54 Å². The minimum atomic E-state index is -0.527. The SMILES string of the molecule is Cc1ccccc1C(=O)Oc1ccc(/C=N\NC(=O)CNC(=O)c2ccc(F)cc2)cc1. The van der Waals surface area contributed by atoms with Crippen LogP contribution in [0.1, 0.15) is 31.8 Å². The van der Waals surface area contributed by atoms with Gasteiger partial charge in [0.1, 0.15) is 11.6 Å². The van der Waals surface area contributed by atoms with Gasteiger partial charge < -0.3 is 10.1 Å². The van der Waals surface area contributed by atoms with Gasteiger partial charge in [0.25, 0.3) is 11.8 Å². The molecule has 2 amide bonds. The molecule has 3 rings (SSSR count). The van der Waals surface area contributed by atoms with Crippen LogP contribution in [-0.4, -0.2) is 30.5 Å². The standard InChI is InChI=1S/C24H20FN3O4/c1-16-4-2-3-5-21(16)24(31)32-20-12-6-17(7-13-20)14-27-28-22(29)15-26-23(30)18-8-10-19(25)11-9-18/h2-14H,15H2,1H3,(H,26,30)(H,28,29)/b27-14-. The molecule has 0 aliphatic heterocycles. The first-order valence-electron chi connectivity index (χ1n) is 9.66. The first kappa shape index (κ1) is 22.4. The van der Waals surface area contributed by atoms with Gasteiger partial charge in [0, 0.05) is 5.56 Å². The lowest BCUT2D eigenvalue weighted by Gasteiger charge is -2.06. The maximum Gasteiger partial charge on any atom is 0.343 e. The molecule has 0 bridgehead atoms. The van der Waals surface area contributed by atoms with E-state index in [1.807, 2.05) is 19.1 Å². The normalized spacial score (nSPS) is 10.6. The van der Waals surface area contributed by atoms with Crippen LogP contribution in [0.3, 0.4) is 0 Å². The molecule has 2 N–H and O–H groups in total. The number of aryl methyl sites for hydroxylation is 1. The van der Waals surface area contributed by atoms with Gasteiger partial charge in [-0.3, -0.25) is 9.59 Å². The van der Waals surface area contributed by atoms with Gasteiger partial charge >= 0.3 is 5.97 Å². The minimum Gasteiger partial charge on any atom is -0.423 e. The molecule has 0 spiro atoms. The molecule has 0 aliphatic carbocycles. The molecule has 7 nitrogen and oxygen atoms in total. The monoisotopic (exact) mass is 433 g/mol. The molecular formula is C24H20FN3O4. The van der Waals surface area contributed by atoms with E-state index in [-0.39, 0.29) is 12.1 Å². The highest BCUT2D eigenvalue weighted by molar-refractivity contribution is 5.96. The van der Waals surface area contributed by atoms with Crippen molar-refractivity contribution in [2.45, 2.75) is 6.92 Å². The molecule has 0 heterocycles. The molecule has 0 atom stereocenters. The van der Waals surface area contributed by atoms with Crippen LogP contribution in [0, 0.1) is 12.7 Å². The van der Waals surface area contributed by atoms with Crippen molar-refractivity contribution >= 4 is 24.0 Å². The van der Waals surface area contributed by atoms with Crippen LogP contribution in [0.25, 0.3) is 0 Å². The molecule has 0 fully saturated rings. The van der Waals surface area contributed by atoms with Gasteiger partial charge in [-0.2, -0.15) is 5.10 Å². The fraction of sp³-hybridized carbons (Fsp3) is 0.0833. The summed E-state index contributed by atoms with van der Waals surface area (Å²) in [6, 6.07) is 18.7. The van der Waals surface area contributed by atoms with Crippen molar-refractivity contribution < 1.29 is 23.5 Å². The smallest absolute Gasteiger partial charge is 0.343 e. The maximum absolute atomic E-state index is 12.9. The number of halogens is 1. The highest BCUT2D eigenvalue weighted by Crippen LogP contribution is 2.15. The Kier molecular flexibility index (Phi) is 7.42. The van der Waals surface area contributed by atoms with E-state index in [9.17, 15) is 18.8 Å². The van der Waals surface area contributed by atoms with E-state index in [1.54, 1.807) is 36.4 Å². The van der Waals surface area contributed by atoms with Crippen LogP contribution >= 0.6 is 0 Å². The summed E-state index contributed by atoms with van der Waals surface area (Å²) in [6.07, 6.45) is 1.41. The Morgan fingerprint density at radius 3 is 2.34 bits per heavy atom. The van der Waals surface area contributed by atoms with Crippen molar-refractivity contribution in [2.24, 2.45) is 5.10 Å². The van der Waals surface area contributed by atoms with Crippen LogP contribution in [0.5, 0.6) is 5.75 Å². The largest absolute Gasteiger partial charge is 0.423 e. The van der Waals surface area contributed by atoms with Crippen LogP contribution in [-0.2, 0) is 4.79 Å². The zero-order chi connectivity index (χ0) is 22.9. The molecule has 0 unspecified atom stereocenters. The van der Waals surface area contributed by atoms with Gasteiger partial charge in [-0.15, -0.1) is 0 Å². The highest BCUT2D eigenvalue weighted by Gasteiger charge is 2.11. The Hall–Kier alpha value is -4.33. The minimum absolute atomic E-state index is 0.242. The summed E-state index contributed by atoms with van der Waals surface area (Å²) < 4.78 is 18.2. The summed E-state index contributed by atoms with van der Waals surface area (Å²) in [5.41, 5.74) is 4.51. The van der Waals surface area contributed by atoms with Crippen molar-refractivity contribution in [1.82, 2.24) is 10.7 Å². The van der Waals surface area contributed by atoms with Gasteiger partial charge in [0.05, 0.1) is 18.3 Å². The number of benzene rings is 3. The summed E-state index contributed by atoms with van der Waals surface area (Å²) >= 11 is 0. The Morgan fingerprint density at radius 2 is 1.66 bits per heavy atom. The lowest BCUT2D eigenvalue weighted by molar-refractivity contribution is -0.120. The molecule has 0 aliphatic rings. The molecule has 3 aromatic rings. The van der Waals surface area contributed by atoms with E-state index >= 15 is 0 Å². The Morgan fingerprint density at radius 1 is 0.969 bits per heavy atom. The summed E-state index contributed by atoms with van der Waals surface area (Å²) in [6.45, 7) is 1.54. The number of nitrogens with one attached hydrogen (secondary N) is 2. The summed E-state index contributed by atoms with van der Waals surface area (Å²) in [5, 5.41) is 6.23. The van der Waals surface area contributed by atoms with E-state index in [0.717, 1.165) is 17.7 Å². The van der Waals surface area contributed by atoms with E-state index in [0.29, 0.717) is 16.9 Å². The fourth-order valence-corrected chi connectivity index (χ4v) is 2.67. The molecule has 0 saturated heterocycles. The molecule has 32 heavy (non-hydrogen) atoms. The number of esters is 1. The molecule has 3 aromatic carbocycles. The number of rotatable bonds is 7. The topological polar surface area (TPSA) is 96.9 Å². The number of nitrogens with zero attached hydrogens (tertiary/aromatic N) is 1. The average molecular weight is 433 g/mol. The second-order valence-corrected chi connectivity index (χ2v) is 6.76. The zero-order valence-corrected chi connectivity index (χ0v) is 17.2. The number of amides is 2. The zero-order valence-electron chi connectivity index (χ0n) is 17.2. The number of hydrogen-bond acceptors (Lipinski definition) is 5. The van der Waals surface area contributed by atoms with E-state index in [4.69, 9.17) is 4.74 Å². The Balaban J connectivity index is 1.45. The molecular weight excluding hydrogens is 413 g/mol. The Labute approximate surface area is 183 Å². The van der Waals surface area contributed by atoms with Crippen LogP contribution < -0.4 is 15.5 Å². The predicted octanol–water partition coefficient (Wildman–Crippen LogP) is 3.23. The van der Waals surface area contributed by atoms with E-state index in [1.165, 1.54) is 18.3 Å². The number of hydrogen-bond donors (Lipinski definition) is 2. The highest BCUT2D eigenvalue weighted by atomic mass is 19.1. The number of carbonyl (C=O) groups is 3. The predicted molar refractivity (Wildman–Crippen MR) is 117 cm³/mol. The second kappa shape index (κ2) is 10.6. The van der Waals surface area contributed by atoms with Crippen molar-refractivity contribution in [3.05, 3.63) is 101 Å².